The minimum atomic E-state index is -0.756. The van der Waals surface area contributed by atoms with Crippen LogP contribution in [-0.2, 0) is 16.1 Å². The summed E-state index contributed by atoms with van der Waals surface area (Å²) in [5.74, 6) is -0.360. The molecular weight excluding hydrogens is 469 g/mol. The molecule has 2 aromatic carbocycles. The van der Waals surface area contributed by atoms with Crippen molar-refractivity contribution in [2.45, 2.75) is 6.54 Å². The number of carbonyl (C=O) groups excluding carboxylic acids is 1. The zero-order valence-corrected chi connectivity index (χ0v) is 20.3. The van der Waals surface area contributed by atoms with Crippen LogP contribution in [0.25, 0.3) is 0 Å². The molecule has 0 saturated heterocycles. The van der Waals surface area contributed by atoms with Crippen molar-refractivity contribution < 1.29 is 18.7 Å². The molecule has 0 fully saturated rings. The van der Waals surface area contributed by atoms with Gasteiger partial charge < -0.3 is 20.1 Å². The molecule has 1 amide bonds. The maximum atomic E-state index is 13.2. The molecular formula is C25H30FN5O5. The Morgan fingerprint density at radius 3 is 2.42 bits per heavy atom. The van der Waals surface area contributed by atoms with Gasteiger partial charge in [0, 0.05) is 20.2 Å². The fourth-order valence-corrected chi connectivity index (χ4v) is 3.55. The summed E-state index contributed by atoms with van der Waals surface area (Å²) in [4.78, 5) is 43.7. The third kappa shape index (κ3) is 7.03. The Morgan fingerprint density at radius 1 is 1.06 bits per heavy atom. The highest BCUT2D eigenvalue weighted by Gasteiger charge is 2.25. The van der Waals surface area contributed by atoms with Gasteiger partial charge in [-0.2, -0.15) is 0 Å². The summed E-state index contributed by atoms with van der Waals surface area (Å²) in [6.45, 7) is 0.944. The lowest BCUT2D eigenvalue weighted by Gasteiger charge is -2.26. The molecule has 1 heterocycles. The second kappa shape index (κ2) is 12.7. The highest BCUT2D eigenvalue weighted by molar-refractivity contribution is 5.96. The van der Waals surface area contributed by atoms with Crippen LogP contribution in [0.15, 0.2) is 64.2 Å². The number of nitrogens with one attached hydrogen (secondary N) is 1. The molecule has 0 saturated carbocycles. The number of likely N-dealkylation sites (N-methyl/N-ethyl adjacent to an activating group) is 1. The molecule has 0 atom stereocenters. The molecule has 3 aromatic rings. The number of hydrogen-bond acceptors (Lipinski definition) is 7. The van der Waals surface area contributed by atoms with Gasteiger partial charge in [0.2, 0.25) is 5.91 Å². The Labute approximate surface area is 207 Å². The smallest absolute Gasteiger partial charge is 0.330 e. The Morgan fingerprint density at radius 2 is 1.75 bits per heavy atom. The zero-order valence-electron chi connectivity index (χ0n) is 20.3. The van der Waals surface area contributed by atoms with Crippen LogP contribution in [0.3, 0.4) is 0 Å². The number of rotatable bonds is 12. The van der Waals surface area contributed by atoms with Gasteiger partial charge in [-0.25, -0.2) is 9.18 Å². The quantitative estimate of drug-likeness (QED) is 0.385. The van der Waals surface area contributed by atoms with E-state index in [1.54, 1.807) is 11.9 Å². The van der Waals surface area contributed by atoms with Crippen molar-refractivity contribution in [3.8, 4) is 5.75 Å². The zero-order chi connectivity index (χ0) is 26.1. The van der Waals surface area contributed by atoms with Crippen LogP contribution in [0.5, 0.6) is 5.75 Å². The molecule has 0 unspecified atom stereocenters. The average Bonchev–Trinajstić information content (AvgIpc) is 2.85. The molecule has 1 aromatic heterocycles. The lowest BCUT2D eigenvalue weighted by molar-refractivity contribution is -0.119. The van der Waals surface area contributed by atoms with Gasteiger partial charge in [0.05, 0.1) is 19.7 Å². The molecule has 3 N–H and O–H groups in total. The predicted molar refractivity (Wildman–Crippen MR) is 135 cm³/mol. The monoisotopic (exact) mass is 499 g/mol. The first-order valence-corrected chi connectivity index (χ1v) is 11.3. The van der Waals surface area contributed by atoms with Gasteiger partial charge in [-0.05, 0) is 36.9 Å². The molecule has 11 heteroatoms. The average molecular weight is 500 g/mol. The van der Waals surface area contributed by atoms with E-state index < -0.39 is 17.2 Å². The molecule has 0 spiro atoms. The van der Waals surface area contributed by atoms with Crippen molar-refractivity contribution in [3.63, 3.8) is 0 Å². The third-order valence-corrected chi connectivity index (χ3v) is 5.45. The summed E-state index contributed by atoms with van der Waals surface area (Å²) in [5.41, 5.74) is 5.55. The van der Waals surface area contributed by atoms with Crippen molar-refractivity contribution in [1.29, 1.82) is 0 Å². The number of anilines is 2. The Bertz CT molecular complexity index is 1260. The number of aromatic amines is 1. The maximum absolute atomic E-state index is 13.2. The number of ether oxygens (including phenoxy) is 2. The molecule has 36 heavy (non-hydrogen) atoms. The summed E-state index contributed by atoms with van der Waals surface area (Å²) < 4.78 is 25.0. The number of carbonyl (C=O) groups is 1. The molecule has 0 aliphatic heterocycles. The van der Waals surface area contributed by atoms with Crippen LogP contribution in [0, 0.1) is 5.82 Å². The Kier molecular flexibility index (Phi) is 9.37. The molecule has 10 nitrogen and oxygen atoms in total. The van der Waals surface area contributed by atoms with E-state index in [0.29, 0.717) is 12.3 Å². The molecule has 0 radical (unpaired) electrons. The molecule has 0 bridgehead atoms. The number of methoxy groups -OCH3 is 1. The summed E-state index contributed by atoms with van der Waals surface area (Å²) >= 11 is 0. The first kappa shape index (κ1) is 26.6. The fourth-order valence-electron chi connectivity index (χ4n) is 3.55. The first-order chi connectivity index (χ1) is 17.3. The van der Waals surface area contributed by atoms with E-state index in [9.17, 15) is 18.8 Å². The number of benzene rings is 2. The summed E-state index contributed by atoms with van der Waals surface area (Å²) in [6, 6.07) is 14.8. The number of H-pyrrole nitrogens is 1. The van der Waals surface area contributed by atoms with Crippen LogP contribution in [0.4, 0.5) is 15.9 Å². The van der Waals surface area contributed by atoms with Gasteiger partial charge in [0.25, 0.3) is 5.56 Å². The fraction of sp³-hybridized carbons (Fsp3) is 0.320. The van der Waals surface area contributed by atoms with E-state index in [1.807, 2.05) is 30.3 Å². The van der Waals surface area contributed by atoms with E-state index in [2.05, 4.69) is 4.98 Å². The number of halogens is 1. The Balaban J connectivity index is 1.76. The largest absolute Gasteiger partial charge is 0.492 e. The van der Waals surface area contributed by atoms with Crippen molar-refractivity contribution >= 4 is 17.4 Å². The second-order valence-electron chi connectivity index (χ2n) is 8.14. The number of nitrogen functional groups attached to an aromatic ring is 1. The second-order valence-corrected chi connectivity index (χ2v) is 8.14. The van der Waals surface area contributed by atoms with E-state index in [1.165, 1.54) is 40.8 Å². The van der Waals surface area contributed by atoms with Crippen LogP contribution >= 0.6 is 0 Å². The number of nitrogens with two attached hydrogens (primary N) is 1. The van der Waals surface area contributed by atoms with Gasteiger partial charge in [-0.3, -0.25) is 24.0 Å². The highest BCUT2D eigenvalue weighted by atomic mass is 19.1. The summed E-state index contributed by atoms with van der Waals surface area (Å²) in [5, 5.41) is 0. The third-order valence-electron chi connectivity index (χ3n) is 5.45. The normalized spacial score (nSPS) is 11.0. The molecule has 0 aliphatic carbocycles. The summed E-state index contributed by atoms with van der Waals surface area (Å²) in [7, 11) is 3.20. The van der Waals surface area contributed by atoms with E-state index in [4.69, 9.17) is 15.2 Å². The number of nitrogens with zero attached hydrogens (tertiary/aromatic N) is 3. The van der Waals surface area contributed by atoms with Crippen molar-refractivity contribution in [1.82, 2.24) is 14.5 Å². The predicted octanol–water partition coefficient (Wildman–Crippen LogP) is 1.30. The SMILES string of the molecule is COCCN(C(=O)CN(C)CCOc1ccc(F)cc1)c1c(N)n(Cc2ccccc2)c(=O)[nH]c1=O. The van der Waals surface area contributed by atoms with Crippen LogP contribution in [0.1, 0.15) is 5.56 Å². The minimum absolute atomic E-state index is 0.0484. The highest BCUT2D eigenvalue weighted by Crippen LogP contribution is 2.18. The summed E-state index contributed by atoms with van der Waals surface area (Å²) in [6.07, 6.45) is 0. The molecule has 0 aliphatic rings. The molecule has 3 rings (SSSR count). The van der Waals surface area contributed by atoms with Crippen molar-refractivity contribution in [3.05, 3.63) is 86.8 Å². The van der Waals surface area contributed by atoms with Gasteiger partial charge in [0.1, 0.15) is 24.0 Å². The standard InChI is InChI=1S/C25H30FN5O5/c1-29(12-15-36-20-10-8-19(26)9-11-20)17-21(32)30(13-14-35-2)22-23(27)31(25(34)28-24(22)33)16-18-6-4-3-5-7-18/h3-11H,12-17,27H2,1-2H3,(H,28,33,34). The van der Waals surface area contributed by atoms with Crippen LogP contribution < -0.4 is 26.6 Å². The van der Waals surface area contributed by atoms with Gasteiger partial charge in [-0.15, -0.1) is 0 Å². The Hall–Kier alpha value is -3.96. The van der Waals surface area contributed by atoms with E-state index in [0.717, 1.165) is 5.56 Å². The minimum Gasteiger partial charge on any atom is -0.492 e. The topological polar surface area (TPSA) is 123 Å². The lowest BCUT2D eigenvalue weighted by atomic mass is 10.2. The lowest BCUT2D eigenvalue weighted by Crippen LogP contribution is -2.46. The van der Waals surface area contributed by atoms with E-state index in [-0.39, 0.29) is 50.2 Å². The number of hydrogen-bond donors (Lipinski definition) is 2. The van der Waals surface area contributed by atoms with Gasteiger partial charge >= 0.3 is 5.69 Å². The van der Waals surface area contributed by atoms with Crippen molar-refractivity contribution in [2.24, 2.45) is 0 Å². The number of aromatic nitrogens is 2. The van der Waals surface area contributed by atoms with Gasteiger partial charge in [-0.1, -0.05) is 30.3 Å². The molecule has 192 valence electrons. The maximum Gasteiger partial charge on any atom is 0.330 e. The van der Waals surface area contributed by atoms with Crippen molar-refractivity contribution in [2.75, 3.05) is 57.6 Å². The number of amides is 1. The van der Waals surface area contributed by atoms with Crippen LogP contribution in [-0.4, -0.2) is 67.4 Å². The van der Waals surface area contributed by atoms with Crippen LogP contribution in [0.2, 0.25) is 0 Å². The van der Waals surface area contributed by atoms with Gasteiger partial charge in [0.15, 0.2) is 5.69 Å². The first-order valence-electron chi connectivity index (χ1n) is 11.3. The van der Waals surface area contributed by atoms with E-state index >= 15 is 0 Å².